The lowest BCUT2D eigenvalue weighted by Crippen LogP contribution is -2.03. The van der Waals surface area contributed by atoms with Gasteiger partial charge in [-0.25, -0.2) is 0 Å². The van der Waals surface area contributed by atoms with E-state index in [1.165, 1.54) is 5.56 Å². The van der Waals surface area contributed by atoms with Crippen molar-refractivity contribution in [2.24, 2.45) is 0 Å². The van der Waals surface area contributed by atoms with Crippen LogP contribution >= 0.6 is 15.9 Å². The minimum absolute atomic E-state index is 0.633. The van der Waals surface area contributed by atoms with Gasteiger partial charge >= 0.3 is 0 Å². The quantitative estimate of drug-likeness (QED) is 0.780. The number of nitrogens with one attached hydrogen (secondary N) is 1. The third-order valence-electron chi connectivity index (χ3n) is 3.11. The molecule has 0 bridgehead atoms. The third kappa shape index (κ3) is 3.31. The Balaban J connectivity index is 1.70. The zero-order chi connectivity index (χ0) is 14.7. The van der Waals surface area contributed by atoms with E-state index in [9.17, 15) is 0 Å². The van der Waals surface area contributed by atoms with E-state index in [0.717, 1.165) is 21.5 Å². The van der Waals surface area contributed by atoms with Crippen LogP contribution in [-0.2, 0) is 6.54 Å². The molecule has 21 heavy (non-hydrogen) atoms. The van der Waals surface area contributed by atoms with Crippen molar-refractivity contribution in [2.75, 3.05) is 5.32 Å². The van der Waals surface area contributed by atoms with Gasteiger partial charge in [-0.3, -0.25) is 0 Å². The van der Waals surface area contributed by atoms with E-state index >= 15 is 0 Å². The van der Waals surface area contributed by atoms with Crippen LogP contribution in [0, 0.1) is 6.92 Å². The molecule has 0 saturated carbocycles. The fraction of sp³-hybridized carbons (Fsp3) is 0.125. The highest BCUT2D eigenvalue weighted by Gasteiger charge is 2.04. The molecule has 5 heteroatoms. The number of hydrogen-bond acceptors (Lipinski definition) is 3. The molecule has 3 aromatic rings. The second kappa shape index (κ2) is 6.10. The van der Waals surface area contributed by atoms with Gasteiger partial charge in [0.25, 0.3) is 0 Å². The van der Waals surface area contributed by atoms with Crippen LogP contribution in [0.5, 0.6) is 0 Å². The number of anilines is 1. The van der Waals surface area contributed by atoms with Gasteiger partial charge in [-0.05, 0) is 52.7 Å². The predicted octanol–water partition coefficient (Wildman–Crippen LogP) is 3.95. The van der Waals surface area contributed by atoms with E-state index in [0.29, 0.717) is 6.54 Å². The Labute approximate surface area is 131 Å². The topological polar surface area (TPSA) is 42.7 Å². The summed E-state index contributed by atoms with van der Waals surface area (Å²) in [5, 5.41) is 12.1. The van der Waals surface area contributed by atoms with Crippen molar-refractivity contribution in [2.45, 2.75) is 13.5 Å². The second-order valence-corrected chi connectivity index (χ2v) is 5.65. The fourth-order valence-electron chi connectivity index (χ4n) is 2.01. The van der Waals surface area contributed by atoms with E-state index in [1.807, 2.05) is 30.3 Å². The summed E-state index contributed by atoms with van der Waals surface area (Å²) in [5.41, 5.74) is 4.13. The molecule has 3 rings (SSSR count). The van der Waals surface area contributed by atoms with Crippen LogP contribution in [0.15, 0.2) is 59.2 Å². The number of nitrogens with zero attached hydrogens (tertiary/aromatic N) is 3. The van der Waals surface area contributed by atoms with Crippen LogP contribution in [0.25, 0.3) is 5.69 Å². The number of rotatable bonds is 4. The van der Waals surface area contributed by atoms with Crippen molar-refractivity contribution >= 4 is 21.6 Å². The maximum absolute atomic E-state index is 4.47. The van der Waals surface area contributed by atoms with Gasteiger partial charge in [-0.2, -0.15) is 15.0 Å². The molecule has 0 atom stereocenters. The fourth-order valence-corrected chi connectivity index (χ4v) is 2.64. The van der Waals surface area contributed by atoms with Crippen LogP contribution in [0.4, 0.5) is 5.69 Å². The first-order valence-corrected chi connectivity index (χ1v) is 7.48. The van der Waals surface area contributed by atoms with Gasteiger partial charge in [0.15, 0.2) is 0 Å². The molecule has 0 aliphatic carbocycles. The summed E-state index contributed by atoms with van der Waals surface area (Å²) in [5.74, 6) is 0. The Morgan fingerprint density at radius 3 is 2.71 bits per heavy atom. The Hall–Kier alpha value is -2.14. The summed E-state index contributed by atoms with van der Waals surface area (Å²) in [7, 11) is 0. The molecule has 1 heterocycles. The Kier molecular flexibility index (Phi) is 4.01. The summed E-state index contributed by atoms with van der Waals surface area (Å²) < 4.78 is 1.05. The summed E-state index contributed by atoms with van der Waals surface area (Å²) in [6.45, 7) is 2.70. The molecular weight excluding hydrogens is 328 g/mol. The smallest absolute Gasteiger partial charge is 0.102 e. The summed E-state index contributed by atoms with van der Waals surface area (Å²) in [6, 6.07) is 16.1. The average molecular weight is 343 g/mol. The molecule has 4 nitrogen and oxygen atoms in total. The summed E-state index contributed by atoms with van der Waals surface area (Å²) >= 11 is 3.56. The monoisotopic (exact) mass is 342 g/mol. The number of aryl methyl sites for hydroxylation is 1. The van der Waals surface area contributed by atoms with Gasteiger partial charge in [0.2, 0.25) is 0 Å². The van der Waals surface area contributed by atoms with E-state index in [1.54, 1.807) is 11.0 Å². The molecule has 0 aliphatic rings. The molecule has 106 valence electrons. The van der Waals surface area contributed by atoms with E-state index in [-0.39, 0.29) is 0 Å². The first kappa shape index (κ1) is 13.8. The molecule has 0 aliphatic heterocycles. The summed E-state index contributed by atoms with van der Waals surface area (Å²) in [4.78, 5) is 1.64. The van der Waals surface area contributed by atoms with Crippen molar-refractivity contribution in [1.82, 2.24) is 15.0 Å². The van der Waals surface area contributed by atoms with Crippen molar-refractivity contribution in [3.8, 4) is 5.69 Å². The van der Waals surface area contributed by atoms with Gasteiger partial charge in [-0.15, -0.1) is 0 Å². The van der Waals surface area contributed by atoms with Crippen molar-refractivity contribution in [3.05, 3.63) is 70.5 Å². The summed E-state index contributed by atoms with van der Waals surface area (Å²) in [6.07, 6.45) is 1.78. The van der Waals surface area contributed by atoms with Crippen LogP contribution in [0.2, 0.25) is 0 Å². The van der Waals surface area contributed by atoms with E-state index in [2.05, 4.69) is 56.6 Å². The number of halogens is 1. The third-order valence-corrected chi connectivity index (χ3v) is 3.77. The van der Waals surface area contributed by atoms with Crippen molar-refractivity contribution < 1.29 is 0 Å². The first-order valence-electron chi connectivity index (χ1n) is 6.69. The second-order valence-electron chi connectivity index (χ2n) is 4.80. The maximum atomic E-state index is 4.47. The standard InChI is InChI=1S/C16H15BrN4/c1-12-7-8-16(15(17)9-12)18-10-13-11-19-21(20-13)14-5-3-2-4-6-14/h2-9,11,18H,10H2,1H3. The molecule has 0 fully saturated rings. The average Bonchev–Trinajstić information content (AvgIpc) is 2.96. The zero-order valence-electron chi connectivity index (χ0n) is 11.6. The van der Waals surface area contributed by atoms with Gasteiger partial charge in [0.05, 0.1) is 18.4 Å². The molecule has 0 unspecified atom stereocenters. The molecule has 1 aromatic heterocycles. The normalized spacial score (nSPS) is 10.6. The lowest BCUT2D eigenvalue weighted by molar-refractivity contribution is 0.740. The zero-order valence-corrected chi connectivity index (χ0v) is 13.2. The molecule has 0 saturated heterocycles. The number of aromatic nitrogens is 3. The van der Waals surface area contributed by atoms with Crippen molar-refractivity contribution in [3.63, 3.8) is 0 Å². The Morgan fingerprint density at radius 1 is 1.14 bits per heavy atom. The number of hydrogen-bond donors (Lipinski definition) is 1. The van der Waals surface area contributed by atoms with Crippen LogP contribution < -0.4 is 5.32 Å². The molecular formula is C16H15BrN4. The van der Waals surface area contributed by atoms with Crippen LogP contribution in [-0.4, -0.2) is 15.0 Å². The van der Waals surface area contributed by atoms with Crippen LogP contribution in [0.1, 0.15) is 11.3 Å². The predicted molar refractivity (Wildman–Crippen MR) is 87.6 cm³/mol. The molecule has 0 radical (unpaired) electrons. The van der Waals surface area contributed by atoms with Gasteiger partial charge < -0.3 is 5.32 Å². The molecule has 0 spiro atoms. The van der Waals surface area contributed by atoms with Gasteiger partial charge in [-0.1, -0.05) is 24.3 Å². The Morgan fingerprint density at radius 2 is 1.95 bits per heavy atom. The Bertz CT molecular complexity index is 737. The largest absolute Gasteiger partial charge is 0.378 e. The van der Waals surface area contributed by atoms with Crippen LogP contribution in [0.3, 0.4) is 0 Å². The van der Waals surface area contributed by atoms with E-state index < -0.39 is 0 Å². The number of para-hydroxylation sites is 1. The van der Waals surface area contributed by atoms with Gasteiger partial charge in [0.1, 0.15) is 5.69 Å². The number of benzene rings is 2. The maximum Gasteiger partial charge on any atom is 0.102 e. The van der Waals surface area contributed by atoms with Gasteiger partial charge in [0, 0.05) is 10.2 Å². The van der Waals surface area contributed by atoms with E-state index in [4.69, 9.17) is 0 Å². The highest BCUT2D eigenvalue weighted by atomic mass is 79.9. The highest BCUT2D eigenvalue weighted by Crippen LogP contribution is 2.23. The minimum atomic E-state index is 0.633. The lowest BCUT2D eigenvalue weighted by atomic mass is 10.2. The van der Waals surface area contributed by atoms with Crippen molar-refractivity contribution in [1.29, 1.82) is 0 Å². The first-order chi connectivity index (χ1) is 10.2. The SMILES string of the molecule is Cc1ccc(NCc2cnn(-c3ccccc3)n2)c(Br)c1. The lowest BCUT2D eigenvalue weighted by Gasteiger charge is -2.07. The molecule has 2 aromatic carbocycles. The minimum Gasteiger partial charge on any atom is -0.378 e. The molecule has 1 N–H and O–H groups in total. The highest BCUT2D eigenvalue weighted by molar-refractivity contribution is 9.10. The molecule has 0 amide bonds.